The summed E-state index contributed by atoms with van der Waals surface area (Å²) < 4.78 is 6.08. The van der Waals surface area contributed by atoms with Crippen molar-refractivity contribution in [3.63, 3.8) is 0 Å². The lowest BCUT2D eigenvalue weighted by atomic mass is 9.79. The average Bonchev–Trinajstić information content (AvgIpc) is 2.40. The molecule has 1 aromatic rings. The monoisotopic (exact) mass is 231 g/mol. The summed E-state index contributed by atoms with van der Waals surface area (Å²) >= 11 is 0. The van der Waals surface area contributed by atoms with E-state index in [2.05, 4.69) is 24.3 Å². The van der Waals surface area contributed by atoms with E-state index in [1.54, 1.807) is 0 Å². The Bertz CT molecular complexity index is 422. The van der Waals surface area contributed by atoms with E-state index in [1.165, 1.54) is 11.1 Å². The van der Waals surface area contributed by atoms with Crippen molar-refractivity contribution in [2.45, 2.75) is 24.9 Å². The fourth-order valence-electron chi connectivity index (χ4n) is 3.02. The zero-order chi connectivity index (χ0) is 11.7. The molecular weight excluding hydrogens is 214 g/mol. The van der Waals surface area contributed by atoms with Crippen LogP contribution in [0.2, 0.25) is 0 Å². The molecule has 2 aliphatic rings. The molecule has 1 aromatic carbocycles. The summed E-state index contributed by atoms with van der Waals surface area (Å²) in [7, 11) is 0. The van der Waals surface area contributed by atoms with Gasteiger partial charge in [-0.05, 0) is 30.4 Å². The number of rotatable bonds is 1. The standard InChI is InChI=1S/C14H17NO2/c16-11-15-8-6-14(7-9-15)13-4-2-1-3-12(13)5-10-17-14/h1-4,11H,5-10H2. The molecule has 1 amide bonds. The van der Waals surface area contributed by atoms with Gasteiger partial charge in [0, 0.05) is 13.1 Å². The number of carbonyl (C=O) groups excluding carboxylic acids is 1. The lowest BCUT2D eigenvalue weighted by Crippen LogP contribution is -2.46. The molecule has 0 radical (unpaired) electrons. The zero-order valence-electron chi connectivity index (χ0n) is 9.89. The number of likely N-dealkylation sites (tertiary alicyclic amines) is 1. The van der Waals surface area contributed by atoms with Crippen LogP contribution in [0, 0.1) is 0 Å². The van der Waals surface area contributed by atoms with Crippen molar-refractivity contribution in [2.24, 2.45) is 0 Å². The van der Waals surface area contributed by atoms with Crippen molar-refractivity contribution in [1.82, 2.24) is 4.90 Å². The molecule has 17 heavy (non-hydrogen) atoms. The van der Waals surface area contributed by atoms with Crippen molar-refractivity contribution >= 4 is 6.41 Å². The number of benzene rings is 1. The molecule has 1 spiro atoms. The molecule has 0 N–H and O–H groups in total. The van der Waals surface area contributed by atoms with Crippen LogP contribution in [-0.4, -0.2) is 31.0 Å². The van der Waals surface area contributed by atoms with Crippen molar-refractivity contribution in [3.05, 3.63) is 35.4 Å². The van der Waals surface area contributed by atoms with Crippen LogP contribution in [0.4, 0.5) is 0 Å². The molecular formula is C14H17NO2. The number of ether oxygens (including phenoxy) is 1. The van der Waals surface area contributed by atoms with Gasteiger partial charge in [0.05, 0.1) is 12.2 Å². The first-order valence-electron chi connectivity index (χ1n) is 6.26. The number of fused-ring (bicyclic) bond motifs is 2. The molecule has 2 heterocycles. The first-order chi connectivity index (χ1) is 8.34. The Morgan fingerprint density at radius 1 is 1.24 bits per heavy atom. The minimum atomic E-state index is -0.131. The van der Waals surface area contributed by atoms with Crippen molar-refractivity contribution in [1.29, 1.82) is 0 Å². The molecule has 1 fully saturated rings. The summed E-state index contributed by atoms with van der Waals surface area (Å²) in [6, 6.07) is 8.57. The summed E-state index contributed by atoms with van der Waals surface area (Å²) in [5.74, 6) is 0. The first-order valence-corrected chi connectivity index (χ1v) is 6.26. The van der Waals surface area contributed by atoms with Gasteiger partial charge in [-0.2, -0.15) is 0 Å². The molecule has 0 aliphatic carbocycles. The Morgan fingerprint density at radius 2 is 2.00 bits per heavy atom. The first kappa shape index (κ1) is 10.8. The Hall–Kier alpha value is -1.35. The summed E-state index contributed by atoms with van der Waals surface area (Å²) in [6.07, 6.45) is 3.79. The minimum Gasteiger partial charge on any atom is -0.370 e. The molecule has 3 nitrogen and oxygen atoms in total. The Labute approximate surface area is 101 Å². The van der Waals surface area contributed by atoms with E-state index in [0.717, 1.165) is 45.4 Å². The Morgan fingerprint density at radius 3 is 2.76 bits per heavy atom. The number of nitrogens with zero attached hydrogens (tertiary/aromatic N) is 1. The summed E-state index contributed by atoms with van der Waals surface area (Å²) in [4.78, 5) is 12.6. The van der Waals surface area contributed by atoms with Crippen LogP contribution in [0.15, 0.2) is 24.3 Å². The van der Waals surface area contributed by atoms with Gasteiger partial charge in [-0.15, -0.1) is 0 Å². The number of hydrogen-bond donors (Lipinski definition) is 0. The van der Waals surface area contributed by atoms with Gasteiger partial charge < -0.3 is 9.64 Å². The molecule has 1 saturated heterocycles. The second kappa shape index (κ2) is 4.15. The third-order valence-corrected chi connectivity index (χ3v) is 4.01. The molecule has 0 saturated carbocycles. The molecule has 3 rings (SSSR count). The SMILES string of the molecule is O=CN1CCC2(CC1)OCCc1ccccc12. The number of amides is 1. The van der Waals surface area contributed by atoms with E-state index in [9.17, 15) is 4.79 Å². The Balaban J connectivity index is 1.92. The highest BCUT2D eigenvalue weighted by molar-refractivity contribution is 5.47. The van der Waals surface area contributed by atoms with E-state index >= 15 is 0 Å². The molecule has 0 bridgehead atoms. The predicted octanol–water partition coefficient (Wildman–Crippen LogP) is 1.71. The van der Waals surface area contributed by atoms with Crippen molar-refractivity contribution < 1.29 is 9.53 Å². The fraction of sp³-hybridized carbons (Fsp3) is 0.500. The lowest BCUT2D eigenvalue weighted by Gasteiger charge is -2.44. The maximum absolute atomic E-state index is 10.8. The fourth-order valence-corrected chi connectivity index (χ4v) is 3.02. The molecule has 0 aromatic heterocycles. The van der Waals surface area contributed by atoms with E-state index < -0.39 is 0 Å². The van der Waals surface area contributed by atoms with Gasteiger partial charge >= 0.3 is 0 Å². The van der Waals surface area contributed by atoms with E-state index in [-0.39, 0.29) is 5.60 Å². The van der Waals surface area contributed by atoms with Gasteiger partial charge in [-0.1, -0.05) is 24.3 Å². The van der Waals surface area contributed by atoms with Gasteiger partial charge in [0.25, 0.3) is 0 Å². The van der Waals surface area contributed by atoms with Gasteiger partial charge in [-0.3, -0.25) is 4.79 Å². The topological polar surface area (TPSA) is 29.5 Å². The molecule has 0 unspecified atom stereocenters. The highest BCUT2D eigenvalue weighted by atomic mass is 16.5. The van der Waals surface area contributed by atoms with Crippen LogP contribution in [0.25, 0.3) is 0 Å². The van der Waals surface area contributed by atoms with Crippen LogP contribution in [0.1, 0.15) is 24.0 Å². The highest BCUT2D eigenvalue weighted by Crippen LogP contribution is 2.40. The van der Waals surface area contributed by atoms with Crippen LogP contribution in [-0.2, 0) is 21.6 Å². The predicted molar refractivity (Wildman–Crippen MR) is 64.6 cm³/mol. The van der Waals surface area contributed by atoms with Gasteiger partial charge in [0.15, 0.2) is 0 Å². The van der Waals surface area contributed by atoms with Crippen molar-refractivity contribution in [3.8, 4) is 0 Å². The van der Waals surface area contributed by atoms with Crippen LogP contribution in [0.3, 0.4) is 0 Å². The molecule has 3 heteroatoms. The largest absolute Gasteiger partial charge is 0.370 e. The number of carbonyl (C=O) groups is 1. The third-order valence-electron chi connectivity index (χ3n) is 4.01. The minimum absolute atomic E-state index is 0.131. The summed E-state index contributed by atoms with van der Waals surface area (Å²) in [5, 5.41) is 0. The number of hydrogen-bond acceptors (Lipinski definition) is 2. The molecule has 90 valence electrons. The maximum atomic E-state index is 10.8. The molecule has 0 atom stereocenters. The maximum Gasteiger partial charge on any atom is 0.209 e. The second-order valence-electron chi connectivity index (χ2n) is 4.89. The lowest BCUT2D eigenvalue weighted by molar-refractivity contribution is -0.128. The van der Waals surface area contributed by atoms with Crippen molar-refractivity contribution in [2.75, 3.05) is 19.7 Å². The van der Waals surface area contributed by atoms with Gasteiger partial charge in [0.1, 0.15) is 0 Å². The van der Waals surface area contributed by atoms with Gasteiger partial charge in [-0.25, -0.2) is 0 Å². The van der Waals surface area contributed by atoms with Gasteiger partial charge in [0.2, 0.25) is 6.41 Å². The smallest absolute Gasteiger partial charge is 0.209 e. The zero-order valence-corrected chi connectivity index (χ0v) is 9.89. The Kier molecular flexibility index (Phi) is 2.63. The van der Waals surface area contributed by atoms with E-state index in [0.29, 0.717) is 0 Å². The average molecular weight is 231 g/mol. The third kappa shape index (κ3) is 1.75. The van der Waals surface area contributed by atoms with E-state index in [4.69, 9.17) is 4.74 Å². The quantitative estimate of drug-likeness (QED) is 0.689. The normalized spacial score (nSPS) is 22.2. The van der Waals surface area contributed by atoms with Crippen LogP contribution >= 0.6 is 0 Å². The van der Waals surface area contributed by atoms with Crippen LogP contribution < -0.4 is 0 Å². The van der Waals surface area contributed by atoms with Crippen LogP contribution in [0.5, 0.6) is 0 Å². The molecule has 2 aliphatic heterocycles. The second-order valence-corrected chi connectivity index (χ2v) is 4.89. The number of piperidine rings is 1. The summed E-state index contributed by atoms with van der Waals surface area (Å²) in [6.45, 7) is 2.41. The van der Waals surface area contributed by atoms with E-state index in [1.807, 2.05) is 4.90 Å². The summed E-state index contributed by atoms with van der Waals surface area (Å²) in [5.41, 5.74) is 2.63. The highest BCUT2D eigenvalue weighted by Gasteiger charge is 2.40.